The SMILES string of the molecule is CSc1ccc(COc2coc(CN3CCCN(S(=O)(=O)c4ccc(OC(F)(F)F)cc4)CC3)cc2=O)cc1. The van der Waals surface area contributed by atoms with Gasteiger partial charge >= 0.3 is 6.36 Å². The Balaban J connectivity index is 1.33. The summed E-state index contributed by atoms with van der Waals surface area (Å²) >= 11 is 1.64. The lowest BCUT2D eigenvalue weighted by Crippen LogP contribution is -2.35. The number of halogens is 3. The largest absolute Gasteiger partial charge is 0.573 e. The van der Waals surface area contributed by atoms with Crippen LogP contribution in [0.2, 0.25) is 0 Å². The minimum Gasteiger partial charge on any atom is -0.482 e. The van der Waals surface area contributed by atoms with Crippen LogP contribution in [0, 0.1) is 0 Å². The monoisotopic (exact) mass is 584 g/mol. The fraction of sp³-hybridized carbons (Fsp3) is 0.346. The molecular weight excluding hydrogens is 557 g/mol. The highest BCUT2D eigenvalue weighted by molar-refractivity contribution is 7.98. The van der Waals surface area contributed by atoms with E-state index in [1.165, 1.54) is 16.6 Å². The molecule has 2 heterocycles. The Hall–Kier alpha value is -3.00. The smallest absolute Gasteiger partial charge is 0.482 e. The van der Waals surface area contributed by atoms with Gasteiger partial charge in [-0.1, -0.05) is 12.1 Å². The van der Waals surface area contributed by atoms with Crippen LogP contribution in [0.4, 0.5) is 13.2 Å². The van der Waals surface area contributed by atoms with Crippen molar-refractivity contribution in [2.75, 3.05) is 32.4 Å². The van der Waals surface area contributed by atoms with Gasteiger partial charge in [0.2, 0.25) is 21.2 Å². The summed E-state index contributed by atoms with van der Waals surface area (Å²) in [6.45, 7) is 1.90. The molecule has 13 heteroatoms. The summed E-state index contributed by atoms with van der Waals surface area (Å²) in [5.74, 6) is 0.0342. The van der Waals surface area contributed by atoms with Gasteiger partial charge in [0.15, 0.2) is 0 Å². The molecule has 0 amide bonds. The molecule has 0 unspecified atom stereocenters. The van der Waals surface area contributed by atoms with Crippen molar-refractivity contribution in [3.05, 3.63) is 82.4 Å². The predicted molar refractivity (Wildman–Crippen MR) is 139 cm³/mol. The average Bonchev–Trinajstić information content (AvgIpc) is 3.14. The number of nitrogens with zero attached hydrogens (tertiary/aromatic N) is 2. The van der Waals surface area contributed by atoms with E-state index in [1.54, 1.807) is 11.8 Å². The highest BCUT2D eigenvalue weighted by Crippen LogP contribution is 2.26. The van der Waals surface area contributed by atoms with Crippen molar-refractivity contribution >= 4 is 21.8 Å². The van der Waals surface area contributed by atoms with E-state index in [4.69, 9.17) is 9.15 Å². The van der Waals surface area contributed by atoms with E-state index in [1.807, 2.05) is 35.4 Å². The molecule has 4 rings (SSSR count). The number of ether oxygens (including phenoxy) is 2. The Kier molecular flexibility index (Phi) is 9.26. The Labute approximate surface area is 228 Å². The minimum atomic E-state index is -4.86. The van der Waals surface area contributed by atoms with Crippen LogP contribution in [0.3, 0.4) is 0 Å². The molecule has 210 valence electrons. The molecule has 1 aliphatic heterocycles. The maximum absolute atomic E-state index is 13.0. The Morgan fingerprint density at radius 1 is 1.00 bits per heavy atom. The summed E-state index contributed by atoms with van der Waals surface area (Å²) < 4.78 is 79.6. The zero-order valence-corrected chi connectivity index (χ0v) is 22.7. The van der Waals surface area contributed by atoms with Gasteiger partial charge in [-0.15, -0.1) is 24.9 Å². The summed E-state index contributed by atoms with van der Waals surface area (Å²) in [6.07, 6.45) is -1.06. The van der Waals surface area contributed by atoms with Crippen LogP contribution in [0.25, 0.3) is 0 Å². The van der Waals surface area contributed by atoms with E-state index in [0.29, 0.717) is 31.8 Å². The molecule has 0 saturated carbocycles. The summed E-state index contributed by atoms with van der Waals surface area (Å²) in [5, 5.41) is 0. The highest BCUT2D eigenvalue weighted by atomic mass is 32.2. The predicted octanol–water partition coefficient (Wildman–Crippen LogP) is 4.74. The zero-order chi connectivity index (χ0) is 28.0. The summed E-state index contributed by atoms with van der Waals surface area (Å²) in [6, 6.07) is 13.3. The molecule has 0 atom stereocenters. The lowest BCUT2D eigenvalue weighted by molar-refractivity contribution is -0.274. The minimum absolute atomic E-state index is 0.104. The first kappa shape index (κ1) is 29.0. The van der Waals surface area contributed by atoms with Crippen molar-refractivity contribution in [3.63, 3.8) is 0 Å². The molecule has 0 N–H and O–H groups in total. The molecule has 1 aliphatic rings. The van der Waals surface area contributed by atoms with Crippen molar-refractivity contribution in [1.29, 1.82) is 0 Å². The van der Waals surface area contributed by atoms with E-state index in [0.717, 1.165) is 34.7 Å². The quantitative estimate of drug-likeness (QED) is 0.334. The van der Waals surface area contributed by atoms with E-state index < -0.39 is 22.1 Å². The molecule has 0 radical (unpaired) electrons. The van der Waals surface area contributed by atoms with E-state index >= 15 is 0 Å². The maximum atomic E-state index is 13.0. The number of sulfonamides is 1. The second-order valence-corrected chi connectivity index (χ2v) is 11.6. The first-order valence-electron chi connectivity index (χ1n) is 12.0. The third-order valence-corrected chi connectivity index (χ3v) is 8.68. The fourth-order valence-corrected chi connectivity index (χ4v) is 5.92. The number of rotatable bonds is 9. The zero-order valence-electron chi connectivity index (χ0n) is 21.0. The van der Waals surface area contributed by atoms with Crippen LogP contribution < -0.4 is 14.9 Å². The van der Waals surface area contributed by atoms with Gasteiger partial charge in [-0.2, -0.15) is 4.31 Å². The summed E-state index contributed by atoms with van der Waals surface area (Å²) in [7, 11) is -3.91. The van der Waals surface area contributed by atoms with Gasteiger partial charge in [-0.05, 0) is 61.2 Å². The van der Waals surface area contributed by atoms with Gasteiger partial charge in [0, 0.05) is 30.6 Å². The summed E-state index contributed by atoms with van der Waals surface area (Å²) in [5.41, 5.74) is 0.611. The van der Waals surface area contributed by atoms with Crippen LogP contribution >= 0.6 is 11.8 Å². The standard InChI is InChI=1S/C26H27F3N2O6S2/c1-38-22-7-3-19(4-8-22)17-36-25-18-35-21(15-24(25)32)16-30-11-2-12-31(14-13-30)39(33,34)23-9-5-20(6-10-23)37-26(27,28)29/h3-10,15,18H,2,11-14,16-17H2,1H3. The van der Waals surface area contributed by atoms with Gasteiger partial charge < -0.3 is 13.9 Å². The molecule has 2 aromatic carbocycles. The number of hydrogen-bond acceptors (Lipinski definition) is 8. The molecule has 0 spiro atoms. The Morgan fingerprint density at radius 2 is 1.72 bits per heavy atom. The van der Waals surface area contributed by atoms with Crippen LogP contribution in [0.1, 0.15) is 17.7 Å². The molecule has 1 aromatic heterocycles. The Morgan fingerprint density at radius 3 is 2.36 bits per heavy atom. The molecule has 1 saturated heterocycles. The fourth-order valence-electron chi connectivity index (χ4n) is 4.04. The average molecular weight is 585 g/mol. The molecule has 0 bridgehead atoms. The lowest BCUT2D eigenvalue weighted by atomic mass is 10.2. The van der Waals surface area contributed by atoms with E-state index in [-0.39, 0.29) is 35.8 Å². The van der Waals surface area contributed by atoms with Crippen LogP contribution in [0.15, 0.2) is 79.9 Å². The first-order chi connectivity index (χ1) is 18.5. The molecular formula is C26H27F3N2O6S2. The molecule has 1 fully saturated rings. The Bertz CT molecular complexity index is 1410. The van der Waals surface area contributed by atoms with Crippen molar-refractivity contribution in [3.8, 4) is 11.5 Å². The molecule has 3 aromatic rings. The van der Waals surface area contributed by atoms with E-state index in [2.05, 4.69) is 4.74 Å². The van der Waals surface area contributed by atoms with E-state index in [9.17, 15) is 26.4 Å². The number of thioether (sulfide) groups is 1. The topological polar surface area (TPSA) is 89.3 Å². The van der Waals surface area contributed by atoms with Crippen molar-refractivity contribution in [2.24, 2.45) is 0 Å². The molecule has 39 heavy (non-hydrogen) atoms. The summed E-state index contributed by atoms with van der Waals surface area (Å²) in [4.78, 5) is 15.5. The molecule has 8 nitrogen and oxygen atoms in total. The van der Waals surface area contributed by atoms with Crippen molar-refractivity contribution < 1.29 is 35.5 Å². The van der Waals surface area contributed by atoms with Gasteiger partial charge in [0.1, 0.15) is 24.4 Å². The van der Waals surface area contributed by atoms with Crippen LogP contribution in [0.5, 0.6) is 11.5 Å². The van der Waals surface area contributed by atoms with Crippen molar-refractivity contribution in [2.45, 2.75) is 35.7 Å². The molecule has 0 aliphatic carbocycles. The second-order valence-electron chi connectivity index (χ2n) is 8.76. The van der Waals surface area contributed by atoms with Gasteiger partial charge in [0.05, 0.1) is 11.4 Å². The lowest BCUT2D eigenvalue weighted by Gasteiger charge is -2.21. The van der Waals surface area contributed by atoms with Crippen LogP contribution in [-0.4, -0.2) is 56.4 Å². The number of benzene rings is 2. The maximum Gasteiger partial charge on any atom is 0.573 e. The number of alkyl halides is 3. The van der Waals surface area contributed by atoms with Crippen molar-refractivity contribution in [1.82, 2.24) is 9.21 Å². The number of hydrogen-bond donors (Lipinski definition) is 0. The highest BCUT2D eigenvalue weighted by Gasteiger charge is 2.32. The third kappa shape index (κ3) is 8.01. The van der Waals surface area contributed by atoms with Gasteiger partial charge in [-0.25, -0.2) is 8.42 Å². The van der Waals surface area contributed by atoms with Gasteiger partial charge in [0.25, 0.3) is 0 Å². The van der Waals surface area contributed by atoms with Crippen LogP contribution in [-0.2, 0) is 23.2 Å². The van der Waals surface area contributed by atoms with Gasteiger partial charge in [-0.3, -0.25) is 9.69 Å². The first-order valence-corrected chi connectivity index (χ1v) is 14.7. The third-order valence-electron chi connectivity index (χ3n) is 6.03. The second kappa shape index (κ2) is 12.5. The normalized spacial score (nSPS) is 15.6.